The van der Waals surface area contributed by atoms with E-state index >= 15 is 0 Å². The molecule has 5 heterocycles. The van der Waals surface area contributed by atoms with E-state index in [0.717, 1.165) is 23.9 Å². The summed E-state index contributed by atoms with van der Waals surface area (Å²) in [4.78, 5) is 39.0. The molecule has 216 valence electrons. The summed E-state index contributed by atoms with van der Waals surface area (Å²) in [7, 11) is 0. The van der Waals surface area contributed by atoms with Crippen molar-refractivity contribution in [2.24, 2.45) is 10.9 Å². The predicted molar refractivity (Wildman–Crippen MR) is 148 cm³/mol. The summed E-state index contributed by atoms with van der Waals surface area (Å²) in [5.74, 6) is 0.237. The molecule has 7 rings (SSSR count). The number of nitrogens with one attached hydrogen (secondary N) is 2. The molecule has 2 aromatic rings. The molecule has 4 aliphatic heterocycles. The highest BCUT2D eigenvalue weighted by Gasteiger charge is 2.46. The zero-order valence-corrected chi connectivity index (χ0v) is 22.8. The number of aromatic nitrogens is 1. The molecule has 9 nitrogen and oxygen atoms in total. The number of halogens is 2. The molecular formula is C30H34F2N6O3. The van der Waals surface area contributed by atoms with Gasteiger partial charge >= 0.3 is 12.1 Å². The fourth-order valence-electron chi connectivity index (χ4n) is 7.03. The van der Waals surface area contributed by atoms with Crippen LogP contribution >= 0.6 is 0 Å². The number of hydrogen-bond acceptors (Lipinski definition) is 6. The third-order valence-corrected chi connectivity index (χ3v) is 9.42. The summed E-state index contributed by atoms with van der Waals surface area (Å²) in [6.07, 6.45) is 6.70. The first-order valence-corrected chi connectivity index (χ1v) is 14.7. The number of piperidine rings is 1. The van der Waals surface area contributed by atoms with Crippen molar-refractivity contribution in [3.8, 4) is 0 Å². The van der Waals surface area contributed by atoms with Gasteiger partial charge in [0.05, 0.1) is 18.6 Å². The highest BCUT2D eigenvalue weighted by molar-refractivity contribution is 5.93. The Kier molecular flexibility index (Phi) is 6.54. The Labute approximate surface area is 237 Å². The number of fused-ring (bicyclic) bond motifs is 3. The number of carbonyl (C=O) groups is 2. The largest absolute Gasteiger partial charge is 0.437 e. The zero-order chi connectivity index (χ0) is 28.1. The molecule has 41 heavy (non-hydrogen) atoms. The molecule has 3 atom stereocenters. The van der Waals surface area contributed by atoms with Gasteiger partial charge in [-0.1, -0.05) is 25.0 Å². The summed E-state index contributed by atoms with van der Waals surface area (Å²) in [5.41, 5.74) is 0.410. The molecule has 1 aliphatic carbocycles. The number of likely N-dealkylation sites (tertiary alicyclic amines) is 1. The summed E-state index contributed by atoms with van der Waals surface area (Å²) in [6.45, 7) is 2.05. The van der Waals surface area contributed by atoms with Crippen LogP contribution in [-0.2, 0) is 10.3 Å². The van der Waals surface area contributed by atoms with Crippen molar-refractivity contribution in [2.45, 2.75) is 68.5 Å². The van der Waals surface area contributed by atoms with Gasteiger partial charge < -0.3 is 19.9 Å². The summed E-state index contributed by atoms with van der Waals surface area (Å²) in [5, 5.41) is 5.88. The van der Waals surface area contributed by atoms with Crippen LogP contribution in [0.4, 0.5) is 24.2 Å². The lowest BCUT2D eigenvalue weighted by Crippen LogP contribution is -2.55. The standard InChI is InChI=1S/C30H34F2N6O3/c31-23-5-1-3-21(25(23)32)19-8-9-24(27-34-16-20(38(27)17-19)15-18-6-7-18)35-28(39)37-13-10-30(11-14-37)22-4-2-12-33-26(22)36-29(40)41-30/h1-5,12,18-20,24H,6-11,13-17H2,(H,35,39)(H,33,36,40)/t19-,20?,24-/m1/s1. The molecule has 3 fully saturated rings. The second kappa shape index (κ2) is 10.3. The van der Waals surface area contributed by atoms with Crippen molar-refractivity contribution in [3.05, 3.63) is 59.3 Å². The Hall–Kier alpha value is -3.76. The molecule has 1 aromatic carbocycles. The maximum Gasteiger partial charge on any atom is 0.413 e. The lowest BCUT2D eigenvalue weighted by atomic mass is 9.83. The third kappa shape index (κ3) is 4.89. The van der Waals surface area contributed by atoms with E-state index in [-0.39, 0.29) is 24.0 Å². The van der Waals surface area contributed by atoms with Gasteiger partial charge in [-0.3, -0.25) is 10.3 Å². The van der Waals surface area contributed by atoms with E-state index < -0.39 is 23.3 Å². The second-order valence-corrected chi connectivity index (χ2v) is 12.0. The molecule has 1 unspecified atom stereocenters. The van der Waals surface area contributed by atoms with Gasteiger partial charge in [0.2, 0.25) is 0 Å². The third-order valence-electron chi connectivity index (χ3n) is 9.42. The Morgan fingerprint density at radius 3 is 2.76 bits per heavy atom. The number of nitrogens with zero attached hydrogens (tertiary/aromatic N) is 4. The minimum absolute atomic E-state index is 0.194. The van der Waals surface area contributed by atoms with Crippen molar-refractivity contribution < 1.29 is 23.1 Å². The van der Waals surface area contributed by atoms with E-state index in [2.05, 4.69) is 20.5 Å². The average Bonchev–Trinajstić information content (AvgIpc) is 3.73. The molecular weight excluding hydrogens is 530 g/mol. The maximum absolute atomic E-state index is 14.9. The molecule has 0 bridgehead atoms. The van der Waals surface area contributed by atoms with E-state index in [0.29, 0.717) is 69.2 Å². The average molecular weight is 565 g/mol. The lowest BCUT2D eigenvalue weighted by Gasteiger charge is -2.43. The number of carbonyl (C=O) groups excluding carboxylic acids is 2. The number of aliphatic imine (C=N–C) groups is 1. The molecule has 2 N–H and O–H groups in total. The minimum atomic E-state index is -0.831. The van der Waals surface area contributed by atoms with Crippen molar-refractivity contribution in [1.29, 1.82) is 0 Å². The van der Waals surface area contributed by atoms with Crippen molar-refractivity contribution in [2.75, 3.05) is 31.5 Å². The number of hydrogen-bond donors (Lipinski definition) is 2. The first-order valence-electron chi connectivity index (χ1n) is 14.7. The van der Waals surface area contributed by atoms with Gasteiger partial charge in [0.15, 0.2) is 11.6 Å². The van der Waals surface area contributed by atoms with E-state index in [1.165, 1.54) is 12.8 Å². The van der Waals surface area contributed by atoms with Gasteiger partial charge in [0.25, 0.3) is 0 Å². The predicted octanol–water partition coefficient (Wildman–Crippen LogP) is 4.75. The smallest absolute Gasteiger partial charge is 0.413 e. The molecule has 2 saturated heterocycles. The molecule has 0 radical (unpaired) electrons. The number of rotatable bonds is 4. The van der Waals surface area contributed by atoms with Crippen molar-refractivity contribution in [1.82, 2.24) is 20.1 Å². The maximum atomic E-state index is 14.9. The van der Waals surface area contributed by atoms with Gasteiger partial charge in [0.1, 0.15) is 17.3 Å². The van der Waals surface area contributed by atoms with Crippen molar-refractivity contribution >= 4 is 23.8 Å². The molecule has 11 heteroatoms. The Morgan fingerprint density at radius 2 is 1.95 bits per heavy atom. The topological polar surface area (TPSA) is 99.2 Å². The van der Waals surface area contributed by atoms with Crippen LogP contribution < -0.4 is 10.6 Å². The Bertz CT molecular complexity index is 1390. The number of anilines is 1. The van der Waals surface area contributed by atoms with Crippen LogP contribution in [0.15, 0.2) is 41.5 Å². The van der Waals surface area contributed by atoms with Crippen molar-refractivity contribution in [3.63, 3.8) is 0 Å². The SMILES string of the molecule is O=C1Nc2ncccc2C2(CCN(C(=O)N[C@@H]3CC[C@@H](c4cccc(F)c4F)CN4C3=NCC4CC3CC3)CC2)O1. The fraction of sp³-hybridized carbons (Fsp3) is 0.533. The van der Waals surface area contributed by atoms with E-state index in [9.17, 15) is 18.4 Å². The summed E-state index contributed by atoms with van der Waals surface area (Å²) < 4.78 is 34.8. The zero-order valence-electron chi connectivity index (χ0n) is 22.8. The highest BCUT2D eigenvalue weighted by Crippen LogP contribution is 2.43. The van der Waals surface area contributed by atoms with Crippen LogP contribution in [0.5, 0.6) is 0 Å². The van der Waals surface area contributed by atoms with E-state index in [4.69, 9.17) is 9.73 Å². The number of amides is 3. The van der Waals surface area contributed by atoms with Gasteiger partial charge in [0, 0.05) is 50.2 Å². The van der Waals surface area contributed by atoms with E-state index in [1.807, 2.05) is 12.1 Å². The minimum Gasteiger partial charge on any atom is -0.437 e. The lowest BCUT2D eigenvalue weighted by molar-refractivity contribution is -0.0307. The van der Waals surface area contributed by atoms with Crippen LogP contribution in [0.2, 0.25) is 0 Å². The first-order chi connectivity index (χ1) is 19.9. The molecule has 1 aromatic heterocycles. The number of urea groups is 1. The summed E-state index contributed by atoms with van der Waals surface area (Å²) >= 11 is 0. The number of amidine groups is 1. The van der Waals surface area contributed by atoms with Crippen LogP contribution in [0, 0.1) is 17.6 Å². The number of benzene rings is 1. The Balaban J connectivity index is 1.07. The van der Waals surface area contributed by atoms with Crippen LogP contribution in [0.1, 0.15) is 62.0 Å². The van der Waals surface area contributed by atoms with Crippen LogP contribution in [-0.4, -0.2) is 71.0 Å². The number of ether oxygens (including phenoxy) is 1. The van der Waals surface area contributed by atoms with Gasteiger partial charge in [-0.2, -0.15) is 0 Å². The van der Waals surface area contributed by atoms with Crippen LogP contribution in [0.25, 0.3) is 0 Å². The normalized spacial score (nSPS) is 26.8. The second-order valence-electron chi connectivity index (χ2n) is 12.0. The molecule has 5 aliphatic rings. The van der Waals surface area contributed by atoms with Gasteiger partial charge in [-0.15, -0.1) is 0 Å². The van der Waals surface area contributed by atoms with Crippen LogP contribution in [0.3, 0.4) is 0 Å². The number of pyridine rings is 1. The Morgan fingerprint density at radius 1 is 1.12 bits per heavy atom. The highest BCUT2D eigenvalue weighted by atomic mass is 19.2. The van der Waals surface area contributed by atoms with Gasteiger partial charge in [-0.25, -0.2) is 23.4 Å². The van der Waals surface area contributed by atoms with E-state index in [1.54, 1.807) is 23.2 Å². The molecule has 1 spiro atoms. The monoisotopic (exact) mass is 564 g/mol. The quantitative estimate of drug-likeness (QED) is 0.559. The van der Waals surface area contributed by atoms with Gasteiger partial charge in [-0.05, 0) is 48.9 Å². The molecule has 3 amide bonds. The molecule has 1 saturated carbocycles. The summed E-state index contributed by atoms with van der Waals surface area (Å²) in [6, 6.07) is 7.83. The fourth-order valence-corrected chi connectivity index (χ4v) is 7.03. The first kappa shape index (κ1) is 26.2.